The maximum Gasteiger partial charge on any atom is 0.331 e. The van der Waals surface area contributed by atoms with E-state index in [-0.39, 0.29) is 18.5 Å². The summed E-state index contributed by atoms with van der Waals surface area (Å²) >= 11 is 6.00. The van der Waals surface area contributed by atoms with Crippen molar-refractivity contribution < 1.29 is 9.59 Å². The Morgan fingerprint density at radius 1 is 1.29 bits per heavy atom. The maximum atomic E-state index is 12.0. The number of hydrogen-bond donors (Lipinski definition) is 0. The van der Waals surface area contributed by atoms with Crippen LogP contribution in [0.5, 0.6) is 0 Å². The summed E-state index contributed by atoms with van der Waals surface area (Å²) < 4.78 is 0. The second kappa shape index (κ2) is 4.75. The first-order chi connectivity index (χ1) is 8.15. The van der Waals surface area contributed by atoms with Crippen LogP contribution in [0.25, 0.3) is 0 Å². The zero-order chi connectivity index (χ0) is 12.4. The number of benzene rings is 1. The zero-order valence-electron chi connectivity index (χ0n) is 9.52. The van der Waals surface area contributed by atoms with E-state index in [1.54, 1.807) is 24.3 Å². The molecule has 0 aromatic heterocycles. The second-order valence-corrected chi connectivity index (χ2v) is 4.29. The van der Waals surface area contributed by atoms with Crippen LogP contribution in [0.1, 0.15) is 13.3 Å². The van der Waals surface area contributed by atoms with Crippen LogP contribution in [-0.2, 0) is 4.79 Å². The molecule has 1 aliphatic heterocycles. The van der Waals surface area contributed by atoms with Gasteiger partial charge in [-0.1, -0.05) is 30.7 Å². The third-order valence-electron chi connectivity index (χ3n) is 2.62. The van der Waals surface area contributed by atoms with Gasteiger partial charge in [-0.25, -0.2) is 9.69 Å². The van der Waals surface area contributed by atoms with Gasteiger partial charge in [-0.3, -0.25) is 4.79 Å². The van der Waals surface area contributed by atoms with Crippen molar-refractivity contribution >= 4 is 29.2 Å². The van der Waals surface area contributed by atoms with Crippen molar-refractivity contribution in [1.29, 1.82) is 0 Å². The number of imide groups is 1. The first-order valence-corrected chi connectivity index (χ1v) is 5.89. The lowest BCUT2D eigenvalue weighted by Gasteiger charge is -2.17. The zero-order valence-corrected chi connectivity index (χ0v) is 10.3. The summed E-state index contributed by atoms with van der Waals surface area (Å²) in [6, 6.07) is 6.57. The molecule has 0 aliphatic carbocycles. The Morgan fingerprint density at radius 3 is 2.65 bits per heavy atom. The quantitative estimate of drug-likeness (QED) is 0.776. The molecule has 17 heavy (non-hydrogen) atoms. The van der Waals surface area contributed by atoms with Crippen LogP contribution in [0.2, 0.25) is 5.02 Å². The van der Waals surface area contributed by atoms with Gasteiger partial charge < -0.3 is 4.90 Å². The van der Waals surface area contributed by atoms with E-state index in [2.05, 4.69) is 0 Å². The van der Waals surface area contributed by atoms with E-state index in [4.69, 9.17) is 11.6 Å². The molecule has 0 bridgehead atoms. The molecule has 3 amide bonds. The number of carbonyl (C=O) groups excluding carboxylic acids is 2. The lowest BCUT2D eigenvalue weighted by atomic mass is 10.3. The highest BCUT2D eigenvalue weighted by Crippen LogP contribution is 2.28. The van der Waals surface area contributed by atoms with Gasteiger partial charge in [-0.2, -0.15) is 0 Å². The van der Waals surface area contributed by atoms with Crippen molar-refractivity contribution in [3.63, 3.8) is 0 Å². The smallest absolute Gasteiger partial charge is 0.315 e. The van der Waals surface area contributed by atoms with E-state index in [1.165, 1.54) is 4.90 Å². The predicted octanol–water partition coefficient (Wildman–Crippen LogP) is 2.52. The van der Waals surface area contributed by atoms with E-state index in [0.717, 1.165) is 11.3 Å². The van der Waals surface area contributed by atoms with Gasteiger partial charge in [0.15, 0.2) is 0 Å². The fraction of sp³-hybridized carbons (Fsp3) is 0.333. The van der Waals surface area contributed by atoms with E-state index < -0.39 is 0 Å². The highest BCUT2D eigenvalue weighted by Gasteiger charge is 2.37. The minimum atomic E-state index is -0.287. The molecule has 4 nitrogen and oxygen atoms in total. The summed E-state index contributed by atoms with van der Waals surface area (Å²) in [6.07, 6.45) is 0.829. The highest BCUT2D eigenvalue weighted by molar-refractivity contribution is 6.35. The highest BCUT2D eigenvalue weighted by atomic mass is 35.5. The average molecular weight is 253 g/mol. The fourth-order valence-corrected chi connectivity index (χ4v) is 2.09. The number of para-hydroxylation sites is 1. The Hall–Kier alpha value is -1.55. The molecule has 0 N–H and O–H groups in total. The van der Waals surface area contributed by atoms with Crippen LogP contribution in [0.15, 0.2) is 24.3 Å². The molecule has 1 saturated heterocycles. The molecule has 5 heteroatoms. The first-order valence-electron chi connectivity index (χ1n) is 5.51. The lowest BCUT2D eigenvalue weighted by Crippen LogP contribution is -2.33. The summed E-state index contributed by atoms with van der Waals surface area (Å²) in [7, 11) is 0. The molecule has 0 atom stereocenters. The van der Waals surface area contributed by atoms with Crippen molar-refractivity contribution in [2.75, 3.05) is 18.0 Å². The van der Waals surface area contributed by atoms with Crippen molar-refractivity contribution in [3.05, 3.63) is 29.3 Å². The molecule has 0 unspecified atom stereocenters. The molecule has 90 valence electrons. The van der Waals surface area contributed by atoms with Gasteiger partial charge >= 0.3 is 6.03 Å². The molecule has 1 heterocycles. The van der Waals surface area contributed by atoms with Crippen LogP contribution in [-0.4, -0.2) is 29.9 Å². The number of hydrogen-bond acceptors (Lipinski definition) is 2. The van der Waals surface area contributed by atoms with Crippen molar-refractivity contribution in [1.82, 2.24) is 4.90 Å². The van der Waals surface area contributed by atoms with Gasteiger partial charge in [0, 0.05) is 6.54 Å². The minimum absolute atomic E-state index is 0.137. The fourth-order valence-electron chi connectivity index (χ4n) is 1.86. The standard InChI is InChI=1S/C12H13ClN2O2/c1-2-7-14-8-11(16)15(12(14)17)10-6-4-3-5-9(10)13/h3-6H,2,7-8H2,1H3. The number of amides is 3. The van der Waals surface area contributed by atoms with Crippen LogP contribution < -0.4 is 4.90 Å². The third-order valence-corrected chi connectivity index (χ3v) is 2.94. The number of halogens is 1. The molecule has 1 aliphatic rings. The number of carbonyl (C=O) groups is 2. The Kier molecular flexibility index (Phi) is 3.33. The SMILES string of the molecule is CCCN1CC(=O)N(c2ccccc2Cl)C1=O. The van der Waals surface area contributed by atoms with Crippen molar-refractivity contribution in [3.8, 4) is 0 Å². The van der Waals surface area contributed by atoms with Gasteiger partial charge in [-0.05, 0) is 18.6 Å². The lowest BCUT2D eigenvalue weighted by molar-refractivity contribution is -0.116. The van der Waals surface area contributed by atoms with Gasteiger partial charge in [0.2, 0.25) is 0 Å². The molecular weight excluding hydrogens is 240 g/mol. The van der Waals surface area contributed by atoms with E-state index in [1.807, 2.05) is 6.92 Å². The topological polar surface area (TPSA) is 40.6 Å². The summed E-state index contributed by atoms with van der Waals surface area (Å²) in [5.74, 6) is -0.225. The van der Waals surface area contributed by atoms with Gasteiger partial charge in [0.25, 0.3) is 5.91 Å². The molecule has 0 saturated carbocycles. The number of anilines is 1. The van der Waals surface area contributed by atoms with Gasteiger partial charge in [-0.15, -0.1) is 0 Å². The number of nitrogens with zero attached hydrogens (tertiary/aromatic N) is 2. The largest absolute Gasteiger partial charge is 0.331 e. The summed E-state index contributed by atoms with van der Waals surface area (Å²) in [6.45, 7) is 2.69. The molecule has 0 spiro atoms. The van der Waals surface area contributed by atoms with E-state index >= 15 is 0 Å². The molecule has 1 aromatic rings. The van der Waals surface area contributed by atoms with Crippen molar-refractivity contribution in [2.45, 2.75) is 13.3 Å². The Labute approximate surface area is 105 Å². The summed E-state index contributed by atoms with van der Waals surface area (Å²) in [5, 5.41) is 0.410. The van der Waals surface area contributed by atoms with Gasteiger partial charge in [0.1, 0.15) is 6.54 Å². The molecular formula is C12H13ClN2O2. The molecule has 1 fully saturated rings. The second-order valence-electron chi connectivity index (χ2n) is 3.88. The van der Waals surface area contributed by atoms with Crippen LogP contribution in [0, 0.1) is 0 Å². The minimum Gasteiger partial charge on any atom is -0.315 e. The first kappa shape index (κ1) is 11.9. The average Bonchev–Trinajstić information content (AvgIpc) is 2.57. The molecule has 2 rings (SSSR count). The number of rotatable bonds is 3. The Morgan fingerprint density at radius 2 is 2.00 bits per heavy atom. The van der Waals surface area contributed by atoms with Crippen LogP contribution in [0.3, 0.4) is 0 Å². The third kappa shape index (κ3) is 2.13. The van der Waals surface area contributed by atoms with E-state index in [9.17, 15) is 9.59 Å². The van der Waals surface area contributed by atoms with Crippen LogP contribution >= 0.6 is 11.6 Å². The summed E-state index contributed by atoms with van der Waals surface area (Å²) in [5.41, 5.74) is 0.461. The maximum absolute atomic E-state index is 12.0. The van der Waals surface area contributed by atoms with Crippen LogP contribution in [0.4, 0.5) is 10.5 Å². The van der Waals surface area contributed by atoms with Gasteiger partial charge in [0.05, 0.1) is 10.7 Å². The summed E-state index contributed by atoms with van der Waals surface area (Å²) in [4.78, 5) is 26.5. The monoisotopic (exact) mass is 252 g/mol. The Balaban J connectivity index is 2.31. The number of urea groups is 1. The van der Waals surface area contributed by atoms with E-state index in [0.29, 0.717) is 17.3 Å². The Bertz CT molecular complexity index is 462. The predicted molar refractivity (Wildman–Crippen MR) is 66.2 cm³/mol. The normalized spacial score (nSPS) is 15.9. The molecule has 0 radical (unpaired) electrons. The molecule has 1 aromatic carbocycles. The van der Waals surface area contributed by atoms with Crippen molar-refractivity contribution in [2.24, 2.45) is 0 Å².